The van der Waals surface area contributed by atoms with Crippen molar-refractivity contribution in [2.24, 2.45) is 16.7 Å². The van der Waals surface area contributed by atoms with E-state index in [2.05, 4.69) is 19.2 Å². The lowest BCUT2D eigenvalue weighted by Gasteiger charge is -2.43. The summed E-state index contributed by atoms with van der Waals surface area (Å²) in [5, 5.41) is 2.48. The predicted octanol–water partition coefficient (Wildman–Crippen LogP) is 3.52. The van der Waals surface area contributed by atoms with Crippen LogP contribution in [0.1, 0.15) is 47.5 Å². The number of carbonyl (C=O) groups is 1. The highest BCUT2D eigenvalue weighted by Crippen LogP contribution is 2.50. The van der Waals surface area contributed by atoms with E-state index in [9.17, 15) is 9.18 Å². The fourth-order valence-electron chi connectivity index (χ4n) is 2.70. The van der Waals surface area contributed by atoms with E-state index >= 15 is 0 Å². The molecule has 0 aromatic carbocycles. The fourth-order valence-corrected chi connectivity index (χ4v) is 2.70. The fraction of sp³-hybridized carbons (Fsp3) is 0.917. The van der Waals surface area contributed by atoms with Gasteiger partial charge in [-0.1, -0.05) is 34.6 Å². The number of rotatable bonds is 3. The van der Waals surface area contributed by atoms with Crippen molar-refractivity contribution in [1.82, 2.24) is 5.32 Å². The molecule has 15 heavy (non-hydrogen) atoms. The maximum atomic E-state index is 12.5. The van der Waals surface area contributed by atoms with Crippen molar-refractivity contribution in [3.05, 3.63) is 0 Å². The van der Waals surface area contributed by atoms with Crippen LogP contribution in [0.3, 0.4) is 0 Å². The van der Waals surface area contributed by atoms with Crippen molar-refractivity contribution in [3.8, 4) is 0 Å². The molecule has 2 nitrogen and oxygen atoms in total. The van der Waals surface area contributed by atoms with E-state index in [-0.39, 0.29) is 16.9 Å². The molecule has 1 amide bonds. The van der Waals surface area contributed by atoms with Crippen LogP contribution in [0, 0.1) is 16.7 Å². The van der Waals surface area contributed by atoms with E-state index in [0.717, 1.165) is 0 Å². The molecule has 1 rings (SSSR count). The van der Waals surface area contributed by atoms with Gasteiger partial charge in [0.2, 0.25) is 0 Å². The topological polar surface area (TPSA) is 29.1 Å². The highest BCUT2D eigenvalue weighted by Gasteiger charge is 2.48. The highest BCUT2D eigenvalue weighted by atomic mass is 19.1. The molecule has 1 unspecified atom stereocenters. The standard InChI is InChI=1S/C12H22FNO/c1-11(2,3)9(14-10(13)15)12(4,5)8-6-7-8/h8-9H,6-7H2,1-5H3,(H,14,15). The molecule has 88 valence electrons. The maximum absolute atomic E-state index is 12.5. The van der Waals surface area contributed by atoms with E-state index in [1.54, 1.807) is 0 Å². The third kappa shape index (κ3) is 2.93. The summed E-state index contributed by atoms with van der Waals surface area (Å²) in [6.45, 7) is 10.4. The van der Waals surface area contributed by atoms with Crippen molar-refractivity contribution < 1.29 is 9.18 Å². The summed E-state index contributed by atoms with van der Waals surface area (Å²) in [5.74, 6) is 0.619. The third-order valence-electron chi connectivity index (χ3n) is 3.50. The Morgan fingerprint density at radius 2 is 1.73 bits per heavy atom. The van der Waals surface area contributed by atoms with E-state index in [1.165, 1.54) is 12.8 Å². The SMILES string of the molecule is CC(C)(C)C(NC(=O)F)C(C)(C)C1CC1. The van der Waals surface area contributed by atoms with Crippen molar-refractivity contribution in [1.29, 1.82) is 0 Å². The van der Waals surface area contributed by atoms with Crippen LogP contribution in [0.2, 0.25) is 0 Å². The third-order valence-corrected chi connectivity index (χ3v) is 3.50. The van der Waals surface area contributed by atoms with Gasteiger partial charge in [-0.05, 0) is 29.6 Å². The second-order valence-electron chi connectivity index (χ2n) is 6.31. The second kappa shape index (κ2) is 3.76. The lowest BCUT2D eigenvalue weighted by Crippen LogP contribution is -2.52. The Morgan fingerprint density at radius 3 is 2.00 bits per heavy atom. The molecule has 0 aliphatic heterocycles. The van der Waals surface area contributed by atoms with Gasteiger partial charge >= 0.3 is 6.16 Å². The second-order valence-corrected chi connectivity index (χ2v) is 6.31. The number of amides is 1. The predicted molar refractivity (Wildman–Crippen MR) is 59.4 cm³/mol. The Hall–Kier alpha value is -0.600. The van der Waals surface area contributed by atoms with Gasteiger partial charge in [0.1, 0.15) is 0 Å². The summed E-state index contributed by atoms with van der Waals surface area (Å²) in [4.78, 5) is 10.6. The zero-order chi connectivity index (χ0) is 11.9. The van der Waals surface area contributed by atoms with Crippen LogP contribution in [0.25, 0.3) is 0 Å². The van der Waals surface area contributed by atoms with Crippen LogP contribution >= 0.6 is 0 Å². The Labute approximate surface area is 91.6 Å². The van der Waals surface area contributed by atoms with E-state index in [0.29, 0.717) is 5.92 Å². The minimum absolute atomic E-state index is 0.0278. The molecule has 1 atom stereocenters. The molecule has 0 radical (unpaired) electrons. The lowest BCUT2D eigenvalue weighted by atomic mass is 9.68. The Kier molecular flexibility index (Phi) is 3.13. The summed E-state index contributed by atoms with van der Waals surface area (Å²) in [6, 6.07) is -0.116. The molecular weight excluding hydrogens is 193 g/mol. The van der Waals surface area contributed by atoms with Gasteiger partial charge in [-0.3, -0.25) is 0 Å². The molecule has 0 bridgehead atoms. The van der Waals surface area contributed by atoms with Crippen molar-refractivity contribution >= 4 is 6.16 Å². The van der Waals surface area contributed by atoms with E-state index in [4.69, 9.17) is 0 Å². The van der Waals surface area contributed by atoms with Gasteiger partial charge in [-0.15, -0.1) is 4.39 Å². The zero-order valence-corrected chi connectivity index (χ0v) is 10.4. The van der Waals surface area contributed by atoms with Gasteiger partial charge in [0.05, 0.1) is 0 Å². The molecule has 1 aliphatic carbocycles. The molecule has 1 aliphatic rings. The molecular formula is C12H22FNO. The molecule has 0 aromatic rings. The average Bonchev–Trinajstić information content (AvgIpc) is 2.78. The smallest absolute Gasteiger partial charge is 0.324 e. The summed E-state index contributed by atoms with van der Waals surface area (Å²) >= 11 is 0. The lowest BCUT2D eigenvalue weighted by molar-refractivity contribution is 0.103. The number of nitrogens with one attached hydrogen (secondary N) is 1. The molecule has 3 heteroatoms. The minimum Gasteiger partial charge on any atom is -0.324 e. The van der Waals surface area contributed by atoms with Crippen molar-refractivity contribution in [2.45, 2.75) is 53.5 Å². The quantitative estimate of drug-likeness (QED) is 0.566. The molecule has 1 N–H and O–H groups in total. The molecule has 1 saturated carbocycles. The normalized spacial score (nSPS) is 19.9. The van der Waals surface area contributed by atoms with Gasteiger partial charge < -0.3 is 5.32 Å². The Bertz CT molecular complexity index is 251. The van der Waals surface area contributed by atoms with Crippen LogP contribution in [0.5, 0.6) is 0 Å². The maximum Gasteiger partial charge on any atom is 0.397 e. The van der Waals surface area contributed by atoms with Crippen LogP contribution in [0.15, 0.2) is 0 Å². The zero-order valence-electron chi connectivity index (χ0n) is 10.4. The summed E-state index contributed by atoms with van der Waals surface area (Å²) in [6.07, 6.45) is 0.979. The first-order valence-electron chi connectivity index (χ1n) is 5.61. The van der Waals surface area contributed by atoms with E-state index in [1.807, 2.05) is 20.8 Å². The summed E-state index contributed by atoms with van der Waals surface area (Å²) in [5.41, 5.74) is -0.145. The van der Waals surface area contributed by atoms with Crippen LogP contribution in [0.4, 0.5) is 9.18 Å². The van der Waals surface area contributed by atoms with Gasteiger partial charge in [0.25, 0.3) is 0 Å². The van der Waals surface area contributed by atoms with Crippen LogP contribution in [-0.4, -0.2) is 12.2 Å². The summed E-state index contributed by atoms with van der Waals surface area (Å²) < 4.78 is 12.5. The average molecular weight is 215 g/mol. The summed E-state index contributed by atoms with van der Waals surface area (Å²) in [7, 11) is 0. The highest BCUT2D eigenvalue weighted by molar-refractivity contribution is 5.66. The van der Waals surface area contributed by atoms with Crippen LogP contribution in [-0.2, 0) is 0 Å². The van der Waals surface area contributed by atoms with Gasteiger partial charge in [0.15, 0.2) is 0 Å². The molecule has 0 saturated heterocycles. The minimum atomic E-state index is -1.41. The molecule has 1 fully saturated rings. The van der Waals surface area contributed by atoms with Crippen molar-refractivity contribution in [3.63, 3.8) is 0 Å². The first kappa shape index (κ1) is 12.5. The van der Waals surface area contributed by atoms with E-state index < -0.39 is 6.16 Å². The Morgan fingerprint density at radius 1 is 1.27 bits per heavy atom. The van der Waals surface area contributed by atoms with Gasteiger partial charge in [-0.25, -0.2) is 4.79 Å². The molecule has 0 aromatic heterocycles. The monoisotopic (exact) mass is 215 g/mol. The first-order valence-corrected chi connectivity index (χ1v) is 5.61. The van der Waals surface area contributed by atoms with Crippen LogP contribution < -0.4 is 5.32 Å². The number of halogens is 1. The largest absolute Gasteiger partial charge is 0.397 e. The molecule has 0 spiro atoms. The number of hydrogen-bond donors (Lipinski definition) is 1. The van der Waals surface area contributed by atoms with Crippen molar-refractivity contribution in [2.75, 3.05) is 0 Å². The van der Waals surface area contributed by atoms with Gasteiger partial charge in [0, 0.05) is 6.04 Å². The van der Waals surface area contributed by atoms with Gasteiger partial charge in [-0.2, -0.15) is 0 Å². The Balaban J connectivity index is 2.84. The molecule has 0 heterocycles. The number of carbonyl (C=O) groups excluding carboxylic acids is 1. The number of hydrogen-bond acceptors (Lipinski definition) is 1. The first-order chi connectivity index (χ1) is 6.65.